The molecule has 3 aromatic rings. The largest absolute Gasteiger partial charge is 0.467 e. The molecule has 0 saturated carbocycles. The molecule has 1 heterocycles. The molecule has 0 aliphatic heterocycles. The van der Waals surface area contributed by atoms with Gasteiger partial charge in [-0.25, -0.2) is 0 Å². The molecule has 0 radical (unpaired) electrons. The normalized spacial score (nSPS) is 10.8. The smallest absolute Gasteiger partial charge is 0.174 e. The topological polar surface area (TPSA) is 28.4 Å². The summed E-state index contributed by atoms with van der Waals surface area (Å²) in [4.78, 5) is 2.09. The van der Waals surface area contributed by atoms with Crippen LogP contribution in [0, 0.1) is 0 Å². The number of hydrogen-bond acceptors (Lipinski definition) is 2. The van der Waals surface area contributed by atoms with Crippen molar-refractivity contribution in [3.63, 3.8) is 0 Å². The van der Waals surface area contributed by atoms with E-state index in [1.54, 1.807) is 6.26 Å². The van der Waals surface area contributed by atoms with E-state index in [0.717, 1.165) is 11.4 Å². The van der Waals surface area contributed by atoms with Gasteiger partial charge in [-0.2, -0.15) is 0 Å². The Morgan fingerprint density at radius 2 is 1.74 bits per heavy atom. The number of rotatable bonds is 6. The molecular formula is C22H23ClN2OS. The van der Waals surface area contributed by atoms with Crippen molar-refractivity contribution in [1.82, 2.24) is 4.90 Å². The summed E-state index contributed by atoms with van der Waals surface area (Å²) in [5.74, 6) is 1.39. The lowest BCUT2D eigenvalue weighted by molar-refractivity contribution is 0.360. The standard InChI is InChI=1S/C22H23ClN2OS/c1-16(2)18-7-5-17(6-8-18)14-25(15-21-4-3-13-26-21)22(27)24-20-11-9-19(23)10-12-20/h3-13,16H,14-15H2,1-2H3,(H,24,27). The van der Waals surface area contributed by atoms with Crippen LogP contribution in [-0.2, 0) is 13.1 Å². The lowest BCUT2D eigenvalue weighted by Gasteiger charge is -2.25. The van der Waals surface area contributed by atoms with Gasteiger partial charge in [-0.1, -0.05) is 49.7 Å². The maximum Gasteiger partial charge on any atom is 0.174 e. The molecular weight excluding hydrogens is 376 g/mol. The highest BCUT2D eigenvalue weighted by Gasteiger charge is 2.13. The SMILES string of the molecule is CC(C)c1ccc(CN(Cc2ccco2)C(=S)Nc2ccc(Cl)cc2)cc1. The van der Waals surface area contributed by atoms with Crippen LogP contribution in [0.4, 0.5) is 5.69 Å². The molecule has 1 N–H and O–H groups in total. The van der Waals surface area contributed by atoms with Crippen molar-refractivity contribution in [2.45, 2.75) is 32.9 Å². The van der Waals surface area contributed by atoms with Crippen molar-refractivity contribution in [2.75, 3.05) is 5.32 Å². The molecule has 3 rings (SSSR count). The van der Waals surface area contributed by atoms with E-state index >= 15 is 0 Å². The van der Waals surface area contributed by atoms with E-state index in [0.29, 0.717) is 29.1 Å². The van der Waals surface area contributed by atoms with Gasteiger partial charge in [0.05, 0.1) is 12.8 Å². The number of halogens is 1. The fraction of sp³-hybridized carbons (Fsp3) is 0.227. The van der Waals surface area contributed by atoms with Crippen LogP contribution in [0.15, 0.2) is 71.3 Å². The van der Waals surface area contributed by atoms with Gasteiger partial charge in [0.1, 0.15) is 5.76 Å². The third kappa shape index (κ3) is 5.59. The predicted octanol–water partition coefficient (Wildman–Crippen LogP) is 6.46. The van der Waals surface area contributed by atoms with Crippen LogP contribution >= 0.6 is 23.8 Å². The lowest BCUT2D eigenvalue weighted by atomic mass is 10.0. The van der Waals surface area contributed by atoms with Crippen molar-refractivity contribution in [2.24, 2.45) is 0 Å². The number of hydrogen-bond donors (Lipinski definition) is 1. The molecule has 5 heteroatoms. The molecule has 0 saturated heterocycles. The minimum atomic E-state index is 0.519. The summed E-state index contributed by atoms with van der Waals surface area (Å²) >= 11 is 11.6. The average molecular weight is 399 g/mol. The van der Waals surface area contributed by atoms with Gasteiger partial charge in [-0.05, 0) is 65.7 Å². The molecule has 0 amide bonds. The molecule has 0 bridgehead atoms. The first kappa shape index (κ1) is 19.5. The molecule has 0 spiro atoms. The van der Waals surface area contributed by atoms with Gasteiger partial charge >= 0.3 is 0 Å². The molecule has 0 atom stereocenters. The van der Waals surface area contributed by atoms with Crippen LogP contribution in [0.1, 0.15) is 36.7 Å². The van der Waals surface area contributed by atoms with Gasteiger partial charge < -0.3 is 14.6 Å². The van der Waals surface area contributed by atoms with E-state index in [9.17, 15) is 0 Å². The second-order valence-electron chi connectivity index (χ2n) is 6.77. The average Bonchev–Trinajstić information content (AvgIpc) is 3.16. The number of benzene rings is 2. The summed E-state index contributed by atoms with van der Waals surface area (Å²) in [5.41, 5.74) is 3.44. The van der Waals surface area contributed by atoms with E-state index in [1.807, 2.05) is 36.4 Å². The number of thiocarbonyl (C=S) groups is 1. The molecule has 0 aliphatic carbocycles. The van der Waals surface area contributed by atoms with Gasteiger partial charge in [0.2, 0.25) is 0 Å². The Morgan fingerprint density at radius 1 is 1.04 bits per heavy atom. The van der Waals surface area contributed by atoms with Crippen molar-refractivity contribution in [3.8, 4) is 0 Å². The summed E-state index contributed by atoms with van der Waals surface area (Å²) in [6.45, 7) is 5.68. The Hall–Kier alpha value is -2.30. The Morgan fingerprint density at radius 3 is 2.33 bits per heavy atom. The maximum atomic E-state index is 5.96. The van der Waals surface area contributed by atoms with Crippen molar-refractivity contribution < 1.29 is 4.42 Å². The quantitative estimate of drug-likeness (QED) is 0.482. The number of nitrogens with zero attached hydrogens (tertiary/aromatic N) is 1. The molecule has 3 nitrogen and oxygen atoms in total. The van der Waals surface area contributed by atoms with Crippen LogP contribution in [0.5, 0.6) is 0 Å². The third-order valence-electron chi connectivity index (χ3n) is 4.33. The molecule has 1 aromatic heterocycles. The Bertz CT molecular complexity index is 858. The minimum absolute atomic E-state index is 0.519. The van der Waals surface area contributed by atoms with Crippen LogP contribution in [0.2, 0.25) is 5.02 Å². The molecule has 27 heavy (non-hydrogen) atoms. The Balaban J connectivity index is 1.75. The first-order valence-electron chi connectivity index (χ1n) is 8.94. The molecule has 0 fully saturated rings. The number of anilines is 1. The van der Waals surface area contributed by atoms with Gasteiger partial charge in [-0.15, -0.1) is 0 Å². The maximum absolute atomic E-state index is 5.96. The fourth-order valence-electron chi connectivity index (χ4n) is 2.75. The zero-order chi connectivity index (χ0) is 19.2. The van der Waals surface area contributed by atoms with E-state index in [1.165, 1.54) is 11.1 Å². The lowest BCUT2D eigenvalue weighted by Crippen LogP contribution is -2.33. The predicted molar refractivity (Wildman–Crippen MR) is 116 cm³/mol. The zero-order valence-electron chi connectivity index (χ0n) is 15.5. The van der Waals surface area contributed by atoms with Crippen LogP contribution < -0.4 is 5.32 Å². The molecule has 0 unspecified atom stereocenters. The molecule has 0 aliphatic rings. The van der Waals surface area contributed by atoms with E-state index in [2.05, 4.69) is 48.3 Å². The highest BCUT2D eigenvalue weighted by atomic mass is 35.5. The molecule has 2 aromatic carbocycles. The van der Waals surface area contributed by atoms with Gasteiger partial charge in [-0.3, -0.25) is 0 Å². The van der Waals surface area contributed by atoms with Gasteiger partial charge in [0, 0.05) is 17.3 Å². The van der Waals surface area contributed by atoms with E-state index in [4.69, 9.17) is 28.2 Å². The number of furan rings is 1. The number of nitrogens with one attached hydrogen (secondary N) is 1. The van der Waals surface area contributed by atoms with Crippen molar-refractivity contribution in [3.05, 3.63) is 88.8 Å². The zero-order valence-corrected chi connectivity index (χ0v) is 17.1. The summed E-state index contributed by atoms with van der Waals surface area (Å²) in [6, 6.07) is 20.0. The third-order valence-corrected chi connectivity index (χ3v) is 4.94. The summed E-state index contributed by atoms with van der Waals surface area (Å²) in [7, 11) is 0. The fourth-order valence-corrected chi connectivity index (χ4v) is 3.13. The van der Waals surface area contributed by atoms with Crippen molar-refractivity contribution >= 4 is 34.6 Å². The highest BCUT2D eigenvalue weighted by molar-refractivity contribution is 7.80. The van der Waals surface area contributed by atoms with Gasteiger partial charge in [0.15, 0.2) is 5.11 Å². The van der Waals surface area contributed by atoms with Crippen LogP contribution in [0.25, 0.3) is 0 Å². The summed E-state index contributed by atoms with van der Waals surface area (Å²) in [6.07, 6.45) is 1.68. The second kappa shape index (κ2) is 9.07. The first-order chi connectivity index (χ1) is 13.0. The minimum Gasteiger partial charge on any atom is -0.467 e. The Labute approximate surface area is 171 Å². The van der Waals surface area contributed by atoms with Crippen LogP contribution in [-0.4, -0.2) is 10.0 Å². The van der Waals surface area contributed by atoms with E-state index in [-0.39, 0.29) is 0 Å². The second-order valence-corrected chi connectivity index (χ2v) is 7.59. The summed E-state index contributed by atoms with van der Waals surface area (Å²) in [5, 5.41) is 4.63. The molecule has 140 valence electrons. The summed E-state index contributed by atoms with van der Waals surface area (Å²) < 4.78 is 5.52. The van der Waals surface area contributed by atoms with E-state index < -0.39 is 0 Å². The highest BCUT2D eigenvalue weighted by Crippen LogP contribution is 2.19. The first-order valence-corrected chi connectivity index (χ1v) is 9.72. The van der Waals surface area contributed by atoms with Gasteiger partial charge in [0.25, 0.3) is 0 Å². The monoisotopic (exact) mass is 398 g/mol. The Kier molecular flexibility index (Phi) is 6.54. The van der Waals surface area contributed by atoms with Crippen LogP contribution in [0.3, 0.4) is 0 Å². The van der Waals surface area contributed by atoms with Crippen molar-refractivity contribution in [1.29, 1.82) is 0 Å².